The first-order valence-electron chi connectivity index (χ1n) is 6.08. The van der Waals surface area contributed by atoms with E-state index in [1.54, 1.807) is 16.7 Å². The summed E-state index contributed by atoms with van der Waals surface area (Å²) in [6.45, 7) is 2.26. The molecule has 3 rings (SSSR count). The summed E-state index contributed by atoms with van der Waals surface area (Å²) in [4.78, 5) is 0. The van der Waals surface area contributed by atoms with Gasteiger partial charge in [-0.25, -0.2) is 0 Å². The van der Waals surface area contributed by atoms with Crippen LogP contribution in [-0.2, 0) is 45.1 Å². The van der Waals surface area contributed by atoms with Crippen LogP contribution >= 0.6 is 0 Å². The zero-order valence-electron chi connectivity index (χ0n) is 9.84. The van der Waals surface area contributed by atoms with Crippen LogP contribution in [-0.4, -0.2) is 0 Å². The molecule has 0 aromatic heterocycles. The van der Waals surface area contributed by atoms with Crippen molar-refractivity contribution >= 4 is 10.8 Å². The van der Waals surface area contributed by atoms with Crippen molar-refractivity contribution in [2.75, 3.05) is 0 Å². The first kappa shape index (κ1) is 12.2. The molecule has 0 radical (unpaired) electrons. The van der Waals surface area contributed by atoms with Gasteiger partial charge in [-0.05, 0) is 19.3 Å². The summed E-state index contributed by atoms with van der Waals surface area (Å²) < 4.78 is 0. The van der Waals surface area contributed by atoms with Gasteiger partial charge in [0.15, 0.2) is 0 Å². The summed E-state index contributed by atoms with van der Waals surface area (Å²) in [5, 5.41) is 2.97. The van der Waals surface area contributed by atoms with Crippen molar-refractivity contribution in [3.63, 3.8) is 0 Å². The third kappa shape index (κ3) is 1.95. The Kier molecular flexibility index (Phi) is 3.73. The van der Waals surface area contributed by atoms with E-state index < -0.39 is 0 Å². The molecule has 0 N–H and O–H groups in total. The first-order chi connectivity index (χ1) is 7.38. The number of benzene rings is 1. The van der Waals surface area contributed by atoms with Crippen LogP contribution in [0, 0.1) is 0 Å². The Labute approximate surface area is 116 Å². The zero-order chi connectivity index (χ0) is 10.3. The van der Waals surface area contributed by atoms with E-state index in [4.69, 9.17) is 0 Å². The zero-order valence-corrected chi connectivity index (χ0v) is 13.4. The standard InChI is InChI=1S/C15H17.Hf/c1-2-4-11-7-8-14-9-12-5-3-6-13(12)10-15(11)14;/h7-10H,2-6H2,1H3;/q-1;. The number of aryl methyl sites for hydroxylation is 3. The predicted octanol–water partition coefficient (Wildman–Crippen LogP) is 4.00. The molecular weight excluding hydrogens is 359 g/mol. The minimum Gasteiger partial charge on any atom is -0.168 e. The van der Waals surface area contributed by atoms with E-state index in [0.717, 1.165) is 0 Å². The normalized spacial score (nSPS) is 13.8. The molecule has 0 heterocycles. The molecule has 0 nitrogen and oxygen atoms in total. The minimum absolute atomic E-state index is 0. The molecule has 0 spiro atoms. The fraction of sp³-hybridized carbons (Fsp3) is 0.400. The number of hydrogen-bond acceptors (Lipinski definition) is 0. The molecule has 0 fully saturated rings. The van der Waals surface area contributed by atoms with Crippen molar-refractivity contribution in [3.05, 3.63) is 41.0 Å². The van der Waals surface area contributed by atoms with E-state index in [-0.39, 0.29) is 25.8 Å². The van der Waals surface area contributed by atoms with Gasteiger partial charge in [0.1, 0.15) is 0 Å². The molecule has 0 aliphatic heterocycles. The summed E-state index contributed by atoms with van der Waals surface area (Å²) in [5.41, 5.74) is 4.74. The molecule has 1 aliphatic carbocycles. The molecule has 0 atom stereocenters. The SMILES string of the molecule is CCC[c-]1ccc2cc3c(cc21)CCC3.[Hf]. The summed E-state index contributed by atoms with van der Waals surface area (Å²) in [7, 11) is 0. The summed E-state index contributed by atoms with van der Waals surface area (Å²) in [6, 6.07) is 9.46. The first-order valence-corrected chi connectivity index (χ1v) is 6.08. The van der Waals surface area contributed by atoms with Gasteiger partial charge in [0.05, 0.1) is 0 Å². The van der Waals surface area contributed by atoms with Gasteiger partial charge >= 0.3 is 0 Å². The maximum absolute atomic E-state index is 2.45. The van der Waals surface area contributed by atoms with Gasteiger partial charge < -0.3 is 0 Å². The van der Waals surface area contributed by atoms with Crippen LogP contribution in [0.15, 0.2) is 24.3 Å². The Morgan fingerprint density at radius 3 is 2.69 bits per heavy atom. The molecule has 2 aromatic rings. The Balaban J connectivity index is 0.000000963. The Hall–Kier alpha value is -0.300. The van der Waals surface area contributed by atoms with Crippen molar-refractivity contribution in [2.45, 2.75) is 39.0 Å². The molecule has 0 unspecified atom stereocenters. The van der Waals surface area contributed by atoms with Gasteiger partial charge in [-0.2, -0.15) is 6.07 Å². The second kappa shape index (κ2) is 4.91. The monoisotopic (exact) mass is 377 g/mol. The fourth-order valence-electron chi connectivity index (χ4n) is 2.83. The van der Waals surface area contributed by atoms with E-state index in [0.29, 0.717) is 0 Å². The Morgan fingerprint density at radius 2 is 1.94 bits per heavy atom. The molecule has 0 bridgehead atoms. The van der Waals surface area contributed by atoms with Crippen molar-refractivity contribution in [1.29, 1.82) is 0 Å². The average Bonchev–Trinajstić information content (AvgIpc) is 2.82. The van der Waals surface area contributed by atoms with Crippen molar-refractivity contribution in [2.24, 2.45) is 0 Å². The quantitative estimate of drug-likeness (QED) is 0.550. The third-order valence-electron chi connectivity index (χ3n) is 3.59. The smallest absolute Gasteiger partial charge is 0 e. The summed E-state index contributed by atoms with van der Waals surface area (Å²) >= 11 is 0. The maximum atomic E-state index is 2.45. The molecule has 0 amide bonds. The molecule has 0 saturated carbocycles. The van der Waals surface area contributed by atoms with Crippen LogP contribution < -0.4 is 0 Å². The average molecular weight is 376 g/mol. The van der Waals surface area contributed by atoms with E-state index >= 15 is 0 Å². The van der Waals surface area contributed by atoms with Crippen LogP contribution in [0.25, 0.3) is 10.8 Å². The van der Waals surface area contributed by atoms with Crippen molar-refractivity contribution in [1.82, 2.24) is 0 Å². The molecule has 82 valence electrons. The van der Waals surface area contributed by atoms with Gasteiger partial charge in [-0.1, -0.05) is 30.9 Å². The van der Waals surface area contributed by atoms with Gasteiger partial charge in [-0.3, -0.25) is 0 Å². The van der Waals surface area contributed by atoms with Crippen molar-refractivity contribution in [3.8, 4) is 0 Å². The number of hydrogen-bond donors (Lipinski definition) is 0. The van der Waals surface area contributed by atoms with Crippen LogP contribution in [0.2, 0.25) is 0 Å². The molecule has 16 heavy (non-hydrogen) atoms. The summed E-state index contributed by atoms with van der Waals surface area (Å²) in [5.74, 6) is 0. The van der Waals surface area contributed by atoms with E-state index in [1.807, 2.05) is 0 Å². The minimum atomic E-state index is 0. The summed E-state index contributed by atoms with van der Waals surface area (Å²) in [6.07, 6.45) is 6.41. The predicted molar refractivity (Wildman–Crippen MR) is 65.6 cm³/mol. The van der Waals surface area contributed by atoms with Gasteiger partial charge in [0, 0.05) is 25.8 Å². The van der Waals surface area contributed by atoms with E-state index in [1.165, 1.54) is 42.9 Å². The van der Waals surface area contributed by atoms with E-state index in [2.05, 4.69) is 31.2 Å². The topological polar surface area (TPSA) is 0 Å². The number of rotatable bonds is 2. The van der Waals surface area contributed by atoms with Crippen LogP contribution in [0.1, 0.15) is 36.5 Å². The molecule has 1 aliphatic rings. The second-order valence-corrected chi connectivity index (χ2v) is 4.67. The molecule has 2 aromatic carbocycles. The fourth-order valence-corrected chi connectivity index (χ4v) is 2.83. The molecule has 1 heteroatoms. The van der Waals surface area contributed by atoms with Gasteiger partial charge in [0.25, 0.3) is 0 Å². The van der Waals surface area contributed by atoms with E-state index in [9.17, 15) is 0 Å². The van der Waals surface area contributed by atoms with Crippen LogP contribution in [0.3, 0.4) is 0 Å². The third-order valence-corrected chi connectivity index (χ3v) is 3.59. The van der Waals surface area contributed by atoms with Gasteiger partial charge in [0.2, 0.25) is 0 Å². The van der Waals surface area contributed by atoms with Crippen molar-refractivity contribution < 1.29 is 25.8 Å². The van der Waals surface area contributed by atoms with Crippen LogP contribution in [0.4, 0.5) is 0 Å². The largest absolute Gasteiger partial charge is 0.168 e. The maximum Gasteiger partial charge on any atom is 0 e. The second-order valence-electron chi connectivity index (χ2n) is 4.67. The number of fused-ring (bicyclic) bond motifs is 2. The van der Waals surface area contributed by atoms with Crippen LogP contribution in [0.5, 0.6) is 0 Å². The van der Waals surface area contributed by atoms with Gasteiger partial charge in [-0.15, -0.1) is 34.5 Å². The Bertz CT molecular complexity index is 493. The molecular formula is C15H17Hf-. The Morgan fingerprint density at radius 1 is 1.19 bits per heavy atom. The molecule has 0 saturated heterocycles.